The maximum atomic E-state index is 4.57. The van der Waals surface area contributed by atoms with Gasteiger partial charge in [0.2, 0.25) is 0 Å². The molecule has 0 aromatic carbocycles. The third-order valence-corrected chi connectivity index (χ3v) is 3.58. The number of aryl methyl sites for hydroxylation is 1. The lowest BCUT2D eigenvalue weighted by molar-refractivity contribution is 0.612. The Morgan fingerprint density at radius 2 is 2.39 bits per heavy atom. The molecule has 1 aliphatic rings. The van der Waals surface area contributed by atoms with Crippen LogP contribution in [0.3, 0.4) is 0 Å². The van der Waals surface area contributed by atoms with Crippen LogP contribution in [0, 0.1) is 6.92 Å². The predicted octanol–water partition coefficient (Wildman–Crippen LogP) is 1.23. The van der Waals surface area contributed by atoms with Crippen LogP contribution in [0.5, 0.6) is 0 Å². The first kappa shape index (κ1) is 11.5. The fraction of sp³-hybridized carbons (Fsp3) is 0.538. The van der Waals surface area contributed by atoms with Crippen molar-refractivity contribution in [2.45, 2.75) is 25.8 Å². The predicted molar refractivity (Wildman–Crippen MR) is 72.0 cm³/mol. The molecule has 1 unspecified atom stereocenters. The van der Waals surface area contributed by atoms with Gasteiger partial charge in [-0.25, -0.2) is 9.50 Å². The lowest BCUT2D eigenvalue weighted by Crippen LogP contribution is -2.37. The van der Waals surface area contributed by atoms with Crippen molar-refractivity contribution in [2.75, 3.05) is 25.0 Å². The van der Waals surface area contributed by atoms with Crippen LogP contribution in [0.25, 0.3) is 5.52 Å². The molecule has 2 aromatic rings. The lowest BCUT2D eigenvalue weighted by Gasteiger charge is -2.25. The molecule has 0 amide bonds. The molecule has 1 atom stereocenters. The maximum absolute atomic E-state index is 4.57. The summed E-state index contributed by atoms with van der Waals surface area (Å²) in [6, 6.07) is 2.65. The Kier molecular flexibility index (Phi) is 2.91. The van der Waals surface area contributed by atoms with E-state index in [1.807, 2.05) is 30.9 Å². The van der Waals surface area contributed by atoms with Gasteiger partial charge in [-0.1, -0.05) is 0 Å². The van der Waals surface area contributed by atoms with Crippen molar-refractivity contribution < 1.29 is 0 Å². The zero-order valence-corrected chi connectivity index (χ0v) is 10.9. The van der Waals surface area contributed by atoms with Crippen molar-refractivity contribution in [3.05, 3.63) is 24.2 Å². The van der Waals surface area contributed by atoms with E-state index in [1.165, 1.54) is 12.8 Å². The molecule has 0 bridgehead atoms. The number of nitrogens with zero attached hydrogens (tertiary/aromatic N) is 4. The van der Waals surface area contributed by atoms with Crippen LogP contribution in [0.4, 0.5) is 5.82 Å². The molecule has 2 aromatic heterocycles. The van der Waals surface area contributed by atoms with E-state index in [4.69, 9.17) is 0 Å². The topological polar surface area (TPSA) is 45.5 Å². The summed E-state index contributed by atoms with van der Waals surface area (Å²) in [6.45, 7) is 4.12. The minimum absolute atomic E-state index is 0.545. The minimum Gasteiger partial charge on any atom is -0.351 e. The minimum atomic E-state index is 0.545. The van der Waals surface area contributed by atoms with Gasteiger partial charge < -0.3 is 10.2 Å². The Bertz CT molecular complexity index is 547. The van der Waals surface area contributed by atoms with Gasteiger partial charge in [0.05, 0.1) is 5.69 Å². The van der Waals surface area contributed by atoms with Gasteiger partial charge in [0.15, 0.2) is 5.82 Å². The van der Waals surface area contributed by atoms with Crippen LogP contribution < -0.4 is 10.2 Å². The molecule has 0 aliphatic carbocycles. The molecule has 1 saturated heterocycles. The van der Waals surface area contributed by atoms with Crippen LogP contribution >= 0.6 is 0 Å². The van der Waals surface area contributed by atoms with Crippen molar-refractivity contribution >= 4 is 11.3 Å². The molecular formula is C13H19N5. The summed E-state index contributed by atoms with van der Waals surface area (Å²) in [5.41, 5.74) is 2.15. The Morgan fingerprint density at radius 3 is 3.22 bits per heavy atom. The van der Waals surface area contributed by atoms with E-state index in [2.05, 4.69) is 26.4 Å². The van der Waals surface area contributed by atoms with Gasteiger partial charge in [0.25, 0.3) is 0 Å². The van der Waals surface area contributed by atoms with Crippen LogP contribution in [0.15, 0.2) is 18.5 Å². The highest BCUT2D eigenvalue weighted by molar-refractivity contribution is 5.69. The number of rotatable bonds is 3. The lowest BCUT2D eigenvalue weighted by atomic mass is 10.2. The van der Waals surface area contributed by atoms with Crippen LogP contribution in [0.2, 0.25) is 0 Å². The normalized spacial score (nSPS) is 19.9. The third-order valence-electron chi connectivity index (χ3n) is 3.58. The van der Waals surface area contributed by atoms with Crippen LogP contribution in [0.1, 0.15) is 18.5 Å². The van der Waals surface area contributed by atoms with Gasteiger partial charge in [0.1, 0.15) is 5.52 Å². The van der Waals surface area contributed by atoms with E-state index < -0.39 is 0 Å². The molecule has 1 aliphatic heterocycles. The van der Waals surface area contributed by atoms with Crippen LogP contribution in [-0.2, 0) is 0 Å². The highest BCUT2D eigenvalue weighted by Gasteiger charge is 2.26. The maximum Gasteiger partial charge on any atom is 0.154 e. The highest BCUT2D eigenvalue weighted by atomic mass is 15.3. The number of hydrogen-bond acceptors (Lipinski definition) is 4. The van der Waals surface area contributed by atoms with Gasteiger partial charge in [-0.3, -0.25) is 0 Å². The first-order valence-corrected chi connectivity index (χ1v) is 6.52. The Hall–Kier alpha value is -1.62. The zero-order valence-electron chi connectivity index (χ0n) is 10.9. The van der Waals surface area contributed by atoms with E-state index in [0.29, 0.717) is 6.04 Å². The summed E-state index contributed by atoms with van der Waals surface area (Å²) in [5, 5.41) is 7.72. The van der Waals surface area contributed by atoms with Gasteiger partial charge >= 0.3 is 0 Å². The first-order valence-electron chi connectivity index (χ1n) is 6.52. The number of nitrogens with one attached hydrogen (secondary N) is 1. The number of aromatic nitrogens is 3. The third kappa shape index (κ3) is 1.84. The van der Waals surface area contributed by atoms with E-state index in [1.54, 1.807) is 0 Å². The quantitative estimate of drug-likeness (QED) is 0.883. The largest absolute Gasteiger partial charge is 0.351 e. The summed E-state index contributed by atoms with van der Waals surface area (Å²) in [5.74, 6) is 1.07. The standard InChI is InChI=1S/C13H19N5/c1-10-8-12-13(15-5-7-18(12)16-10)17-6-3-4-11(17)9-14-2/h5,7-8,11,14H,3-4,6,9H2,1-2H3. The van der Waals surface area contributed by atoms with Crippen molar-refractivity contribution in [3.63, 3.8) is 0 Å². The van der Waals surface area contributed by atoms with E-state index in [9.17, 15) is 0 Å². The molecular weight excluding hydrogens is 226 g/mol. The molecule has 96 valence electrons. The van der Waals surface area contributed by atoms with E-state index >= 15 is 0 Å². The van der Waals surface area contributed by atoms with Crippen molar-refractivity contribution in [2.24, 2.45) is 0 Å². The smallest absolute Gasteiger partial charge is 0.154 e. The highest BCUT2D eigenvalue weighted by Crippen LogP contribution is 2.27. The number of hydrogen-bond donors (Lipinski definition) is 1. The number of anilines is 1. The van der Waals surface area contributed by atoms with Crippen molar-refractivity contribution in [1.82, 2.24) is 19.9 Å². The summed E-state index contributed by atoms with van der Waals surface area (Å²) >= 11 is 0. The molecule has 1 fully saturated rings. The summed E-state index contributed by atoms with van der Waals surface area (Å²) in [4.78, 5) is 6.98. The van der Waals surface area contributed by atoms with E-state index in [0.717, 1.165) is 30.1 Å². The zero-order chi connectivity index (χ0) is 12.5. The van der Waals surface area contributed by atoms with Gasteiger partial charge in [-0.15, -0.1) is 0 Å². The molecule has 1 N–H and O–H groups in total. The average molecular weight is 245 g/mol. The average Bonchev–Trinajstić information content (AvgIpc) is 2.94. The molecule has 3 heterocycles. The van der Waals surface area contributed by atoms with Gasteiger partial charge in [-0.2, -0.15) is 5.10 Å². The van der Waals surface area contributed by atoms with Crippen molar-refractivity contribution in [3.8, 4) is 0 Å². The van der Waals surface area contributed by atoms with Crippen molar-refractivity contribution in [1.29, 1.82) is 0 Å². The molecule has 0 spiro atoms. The molecule has 5 heteroatoms. The molecule has 3 rings (SSSR count). The van der Waals surface area contributed by atoms with Crippen LogP contribution in [-0.4, -0.2) is 40.8 Å². The first-order chi connectivity index (χ1) is 8.79. The van der Waals surface area contributed by atoms with E-state index in [-0.39, 0.29) is 0 Å². The molecule has 18 heavy (non-hydrogen) atoms. The number of likely N-dealkylation sites (N-methyl/N-ethyl adjacent to an activating group) is 1. The number of fused-ring (bicyclic) bond motifs is 1. The Labute approximate surface area is 107 Å². The summed E-state index contributed by atoms with van der Waals surface area (Å²) in [7, 11) is 2.01. The fourth-order valence-electron chi connectivity index (χ4n) is 2.81. The summed E-state index contributed by atoms with van der Waals surface area (Å²) in [6.07, 6.45) is 6.22. The molecule has 5 nitrogen and oxygen atoms in total. The van der Waals surface area contributed by atoms with Gasteiger partial charge in [0, 0.05) is 31.5 Å². The second-order valence-corrected chi connectivity index (χ2v) is 4.91. The molecule has 0 saturated carbocycles. The Morgan fingerprint density at radius 1 is 1.50 bits per heavy atom. The Balaban J connectivity index is 2.02. The fourth-order valence-corrected chi connectivity index (χ4v) is 2.81. The second-order valence-electron chi connectivity index (χ2n) is 4.91. The summed E-state index contributed by atoms with van der Waals surface area (Å²) < 4.78 is 1.92. The monoisotopic (exact) mass is 245 g/mol. The second kappa shape index (κ2) is 4.57. The van der Waals surface area contributed by atoms with Gasteiger partial charge in [-0.05, 0) is 32.9 Å². The SMILES string of the molecule is CNCC1CCCN1c1nccn2nc(C)cc12. The molecule has 0 radical (unpaired) electrons.